The van der Waals surface area contributed by atoms with Crippen molar-refractivity contribution in [3.63, 3.8) is 0 Å². The first-order valence-corrected chi connectivity index (χ1v) is 12.7. The highest BCUT2D eigenvalue weighted by atomic mass is 32.2. The Hall–Kier alpha value is -3.06. The van der Waals surface area contributed by atoms with Crippen LogP contribution in [0.3, 0.4) is 0 Å². The molecule has 3 aromatic rings. The number of hydrogen-bond acceptors (Lipinski definition) is 7. The monoisotopic (exact) mass is 522 g/mol. The molecule has 0 bridgehead atoms. The van der Waals surface area contributed by atoms with Gasteiger partial charge in [0.1, 0.15) is 16.9 Å². The molecule has 0 aliphatic carbocycles. The highest BCUT2D eigenvalue weighted by Crippen LogP contribution is 2.29. The molecule has 0 saturated carbocycles. The second kappa shape index (κ2) is 12.3. The first kappa shape index (κ1) is 27.5. The standard InChI is InChI=1S/C24H28F2N4O5S/c1-29(8-9-35-2)13-15-4-5-16(19(25)10-15)17-12-21-18(11-20(17)26)24(32)30(14-27-21)7-6-22(36(3)34)23(31)28-33/h4-5,10-12,14,22,33H,6-9,13H2,1-3H3,(H,28,31). The first-order chi connectivity index (χ1) is 17.2. The largest absolute Gasteiger partial charge is 0.383 e. The predicted molar refractivity (Wildman–Crippen MR) is 132 cm³/mol. The van der Waals surface area contributed by atoms with Crippen molar-refractivity contribution in [3.05, 3.63) is 64.2 Å². The molecule has 0 fully saturated rings. The number of nitrogens with one attached hydrogen (secondary N) is 1. The van der Waals surface area contributed by atoms with Gasteiger partial charge in [0.15, 0.2) is 0 Å². The van der Waals surface area contributed by atoms with Crippen molar-refractivity contribution in [1.29, 1.82) is 0 Å². The van der Waals surface area contributed by atoms with E-state index in [1.54, 1.807) is 13.2 Å². The zero-order chi connectivity index (χ0) is 26.4. The summed E-state index contributed by atoms with van der Waals surface area (Å²) < 4.78 is 47.9. The lowest BCUT2D eigenvalue weighted by atomic mass is 10.0. The molecule has 0 saturated heterocycles. The van der Waals surface area contributed by atoms with Crippen LogP contribution < -0.4 is 11.0 Å². The second-order valence-electron chi connectivity index (χ2n) is 8.39. The van der Waals surface area contributed by atoms with E-state index in [-0.39, 0.29) is 35.0 Å². The first-order valence-electron chi connectivity index (χ1n) is 11.1. The van der Waals surface area contributed by atoms with E-state index in [1.807, 2.05) is 11.9 Å². The van der Waals surface area contributed by atoms with Crippen molar-refractivity contribution in [2.75, 3.05) is 33.6 Å². The number of ether oxygens (including phenoxy) is 1. The molecule has 1 aromatic heterocycles. The molecular weight excluding hydrogens is 494 g/mol. The van der Waals surface area contributed by atoms with Gasteiger partial charge in [-0.3, -0.25) is 28.5 Å². The van der Waals surface area contributed by atoms with Crippen molar-refractivity contribution in [2.45, 2.75) is 24.8 Å². The fraction of sp³-hybridized carbons (Fsp3) is 0.375. The number of likely N-dealkylation sites (N-methyl/N-ethyl adjacent to an activating group) is 1. The summed E-state index contributed by atoms with van der Waals surface area (Å²) in [6.45, 7) is 1.69. The van der Waals surface area contributed by atoms with Crippen LogP contribution in [0.2, 0.25) is 0 Å². The summed E-state index contributed by atoms with van der Waals surface area (Å²) >= 11 is 0. The van der Waals surface area contributed by atoms with Gasteiger partial charge in [0.2, 0.25) is 0 Å². The quantitative estimate of drug-likeness (QED) is 0.293. The number of amides is 1. The highest BCUT2D eigenvalue weighted by molar-refractivity contribution is 7.85. The van der Waals surface area contributed by atoms with Gasteiger partial charge in [-0.2, -0.15) is 0 Å². The van der Waals surface area contributed by atoms with E-state index in [0.29, 0.717) is 19.7 Å². The Morgan fingerprint density at radius 2 is 1.97 bits per heavy atom. The van der Waals surface area contributed by atoms with Crippen LogP contribution in [0, 0.1) is 11.6 Å². The number of methoxy groups -OCH3 is 1. The van der Waals surface area contributed by atoms with Crippen molar-refractivity contribution >= 4 is 27.6 Å². The molecule has 3 rings (SSSR count). The lowest BCUT2D eigenvalue weighted by Gasteiger charge is -2.17. The third-order valence-electron chi connectivity index (χ3n) is 5.80. The van der Waals surface area contributed by atoms with Gasteiger partial charge in [-0.15, -0.1) is 0 Å². The number of hydroxylamine groups is 1. The topological polar surface area (TPSA) is 114 Å². The Bertz CT molecular complexity index is 1330. The van der Waals surface area contributed by atoms with Crippen LogP contribution in [-0.4, -0.2) is 68.6 Å². The molecule has 9 nitrogen and oxygen atoms in total. The third-order valence-corrected chi connectivity index (χ3v) is 7.05. The summed E-state index contributed by atoms with van der Waals surface area (Å²) in [4.78, 5) is 30.7. The molecule has 2 N–H and O–H groups in total. The number of aromatic nitrogens is 2. The van der Waals surface area contributed by atoms with Gasteiger partial charge in [-0.25, -0.2) is 19.2 Å². The molecule has 194 valence electrons. The van der Waals surface area contributed by atoms with Crippen LogP contribution >= 0.6 is 0 Å². The summed E-state index contributed by atoms with van der Waals surface area (Å²) in [6.07, 6.45) is 2.53. The number of hydrogen-bond donors (Lipinski definition) is 2. The Morgan fingerprint density at radius 3 is 2.61 bits per heavy atom. The van der Waals surface area contributed by atoms with Crippen molar-refractivity contribution in [3.8, 4) is 11.1 Å². The average Bonchev–Trinajstić information content (AvgIpc) is 2.84. The van der Waals surface area contributed by atoms with Crippen LogP contribution in [-0.2, 0) is 33.4 Å². The summed E-state index contributed by atoms with van der Waals surface area (Å²) in [5.41, 5.74) is 1.82. The normalized spacial score (nSPS) is 13.2. The number of fused-ring (bicyclic) bond motifs is 1. The molecule has 0 radical (unpaired) electrons. The molecule has 1 heterocycles. The molecule has 2 unspecified atom stereocenters. The Kier molecular flexibility index (Phi) is 9.37. The zero-order valence-corrected chi connectivity index (χ0v) is 21.0. The molecule has 0 aliphatic heterocycles. The minimum absolute atomic E-state index is 0.0125. The molecule has 12 heteroatoms. The van der Waals surface area contributed by atoms with Gasteiger partial charge in [0, 0.05) is 54.9 Å². The van der Waals surface area contributed by atoms with Crippen molar-refractivity contribution < 1.29 is 27.7 Å². The van der Waals surface area contributed by atoms with E-state index in [4.69, 9.17) is 9.94 Å². The van der Waals surface area contributed by atoms with Gasteiger partial charge in [0.05, 0.1) is 23.8 Å². The van der Waals surface area contributed by atoms with Gasteiger partial charge in [-0.05, 0) is 37.2 Å². The summed E-state index contributed by atoms with van der Waals surface area (Å²) in [5, 5.41) is 7.76. The maximum Gasteiger partial charge on any atom is 0.261 e. The predicted octanol–water partition coefficient (Wildman–Crippen LogP) is 2.06. The Morgan fingerprint density at radius 1 is 1.25 bits per heavy atom. The number of benzene rings is 2. The average molecular weight is 523 g/mol. The number of rotatable bonds is 11. The van der Waals surface area contributed by atoms with Crippen LogP contribution in [0.25, 0.3) is 22.0 Å². The molecular formula is C24H28F2N4O5S. The zero-order valence-electron chi connectivity index (χ0n) is 20.2. The molecule has 36 heavy (non-hydrogen) atoms. The van der Waals surface area contributed by atoms with E-state index in [9.17, 15) is 18.2 Å². The van der Waals surface area contributed by atoms with E-state index in [2.05, 4.69) is 4.98 Å². The van der Waals surface area contributed by atoms with Crippen LogP contribution in [0.15, 0.2) is 41.5 Å². The van der Waals surface area contributed by atoms with Crippen molar-refractivity contribution in [1.82, 2.24) is 19.9 Å². The van der Waals surface area contributed by atoms with Gasteiger partial charge in [0.25, 0.3) is 11.5 Å². The molecule has 0 aliphatic rings. The summed E-state index contributed by atoms with van der Waals surface area (Å²) in [7, 11) is 1.90. The number of halogens is 2. The molecule has 2 atom stereocenters. The Labute approximate surface area is 209 Å². The maximum atomic E-state index is 15.0. The highest BCUT2D eigenvalue weighted by Gasteiger charge is 2.22. The van der Waals surface area contributed by atoms with Gasteiger partial charge in [-0.1, -0.05) is 12.1 Å². The van der Waals surface area contributed by atoms with E-state index >= 15 is 4.39 Å². The minimum Gasteiger partial charge on any atom is -0.383 e. The minimum atomic E-state index is -1.59. The lowest BCUT2D eigenvalue weighted by Crippen LogP contribution is -2.36. The Balaban J connectivity index is 1.87. The number of nitrogens with zero attached hydrogens (tertiary/aromatic N) is 3. The fourth-order valence-corrected chi connectivity index (χ4v) is 4.63. The molecule has 0 spiro atoms. The van der Waals surface area contributed by atoms with Crippen LogP contribution in [0.1, 0.15) is 12.0 Å². The third kappa shape index (κ3) is 6.38. The summed E-state index contributed by atoms with van der Waals surface area (Å²) in [6, 6.07) is 6.90. The van der Waals surface area contributed by atoms with E-state index in [0.717, 1.165) is 11.6 Å². The maximum absolute atomic E-state index is 15.0. The fourth-order valence-electron chi connectivity index (χ4n) is 3.83. The smallest absolute Gasteiger partial charge is 0.261 e. The van der Waals surface area contributed by atoms with E-state index < -0.39 is 39.2 Å². The SMILES string of the molecule is COCCN(C)Cc1ccc(-c2cc3ncn(CCC(C(=O)NO)S(C)=O)c(=O)c3cc2F)c(F)c1. The van der Waals surface area contributed by atoms with Gasteiger partial charge >= 0.3 is 0 Å². The van der Waals surface area contributed by atoms with Gasteiger partial charge < -0.3 is 4.74 Å². The van der Waals surface area contributed by atoms with Crippen LogP contribution in [0.4, 0.5) is 8.78 Å². The van der Waals surface area contributed by atoms with Crippen molar-refractivity contribution in [2.24, 2.45) is 0 Å². The molecule has 2 aromatic carbocycles. The van der Waals surface area contributed by atoms with Crippen LogP contribution in [0.5, 0.6) is 0 Å². The lowest BCUT2D eigenvalue weighted by molar-refractivity contribution is -0.128. The number of carbonyl (C=O) groups excluding carboxylic acids is 1. The van der Waals surface area contributed by atoms with E-state index in [1.165, 1.54) is 40.8 Å². The number of aryl methyl sites for hydroxylation is 1. The second-order valence-corrected chi connectivity index (χ2v) is 9.96. The summed E-state index contributed by atoms with van der Waals surface area (Å²) in [5.74, 6) is -2.21. The number of carbonyl (C=O) groups is 1. The molecule has 1 amide bonds.